The number of carbonyl (C=O) groups is 2. The van der Waals surface area contributed by atoms with E-state index in [9.17, 15) is 14.7 Å². The first-order valence-electron chi connectivity index (χ1n) is 12.6. The Balaban J connectivity index is 1.65. The average molecular weight is 497 g/mol. The van der Waals surface area contributed by atoms with Gasteiger partial charge in [0, 0.05) is 45.7 Å². The van der Waals surface area contributed by atoms with Crippen LogP contribution in [-0.4, -0.2) is 72.6 Å². The van der Waals surface area contributed by atoms with Gasteiger partial charge in [0.1, 0.15) is 11.4 Å². The number of benzene rings is 2. The molecule has 0 aliphatic carbocycles. The van der Waals surface area contributed by atoms with Gasteiger partial charge in [-0.25, -0.2) is 0 Å². The van der Waals surface area contributed by atoms with Crippen molar-refractivity contribution in [2.24, 2.45) is 11.1 Å². The van der Waals surface area contributed by atoms with Gasteiger partial charge in [-0.3, -0.25) is 9.59 Å². The van der Waals surface area contributed by atoms with Crippen LogP contribution in [0.2, 0.25) is 0 Å². The Morgan fingerprint density at radius 2 is 1.69 bits per heavy atom. The molecule has 8 heteroatoms. The molecule has 0 saturated carbocycles. The van der Waals surface area contributed by atoms with E-state index in [2.05, 4.69) is 48.0 Å². The summed E-state index contributed by atoms with van der Waals surface area (Å²) in [5, 5.41) is 12.9. The minimum absolute atomic E-state index is 0.0110. The first kappa shape index (κ1) is 27.5. The molecule has 36 heavy (non-hydrogen) atoms. The van der Waals surface area contributed by atoms with Gasteiger partial charge in [-0.2, -0.15) is 0 Å². The fourth-order valence-corrected chi connectivity index (χ4v) is 4.45. The topological polar surface area (TPSA) is 108 Å². The molecular weight excluding hydrogens is 456 g/mol. The van der Waals surface area contributed by atoms with E-state index >= 15 is 0 Å². The highest BCUT2D eigenvalue weighted by molar-refractivity contribution is 5.97. The van der Waals surface area contributed by atoms with Gasteiger partial charge in [-0.05, 0) is 35.4 Å². The minimum atomic E-state index is -0.282. The third kappa shape index (κ3) is 8.84. The molecule has 3 rings (SSSR count). The number of primary amides is 1. The van der Waals surface area contributed by atoms with Crippen molar-refractivity contribution in [1.82, 2.24) is 9.80 Å². The van der Waals surface area contributed by atoms with Gasteiger partial charge in [0.05, 0.1) is 0 Å². The zero-order valence-corrected chi connectivity index (χ0v) is 21.8. The summed E-state index contributed by atoms with van der Waals surface area (Å²) in [7, 11) is 0. The third-order valence-corrected chi connectivity index (χ3v) is 6.19. The van der Waals surface area contributed by atoms with Crippen molar-refractivity contribution in [1.29, 1.82) is 0 Å². The second kappa shape index (κ2) is 12.7. The molecule has 8 nitrogen and oxygen atoms in total. The Morgan fingerprint density at radius 1 is 1.00 bits per heavy atom. The molecule has 0 aromatic heterocycles. The maximum Gasteiger partial charge on any atom is 0.262 e. The number of carbonyl (C=O) groups excluding carboxylic acids is 2. The molecule has 0 radical (unpaired) electrons. The van der Waals surface area contributed by atoms with Gasteiger partial charge < -0.3 is 30.7 Å². The van der Waals surface area contributed by atoms with Crippen LogP contribution in [0.1, 0.15) is 38.3 Å². The Kier molecular flexibility index (Phi) is 9.73. The zero-order chi connectivity index (χ0) is 26.1. The maximum atomic E-state index is 11.7. The van der Waals surface area contributed by atoms with E-state index in [0.717, 1.165) is 51.1 Å². The van der Waals surface area contributed by atoms with Gasteiger partial charge in [-0.15, -0.1) is 0 Å². The number of nitrogens with one attached hydrogen (secondary N) is 1. The Hall–Kier alpha value is -3.10. The quantitative estimate of drug-likeness (QED) is 0.368. The number of amides is 2. The Morgan fingerprint density at radius 3 is 2.39 bits per heavy atom. The summed E-state index contributed by atoms with van der Waals surface area (Å²) in [6.07, 6.45) is 1.98. The lowest BCUT2D eigenvalue weighted by molar-refractivity contribution is -0.119. The first-order chi connectivity index (χ1) is 17.1. The van der Waals surface area contributed by atoms with Gasteiger partial charge in [0.15, 0.2) is 12.4 Å². The van der Waals surface area contributed by atoms with Crippen LogP contribution in [0.5, 0.6) is 11.5 Å². The van der Waals surface area contributed by atoms with Crippen molar-refractivity contribution in [3.05, 3.63) is 53.6 Å². The van der Waals surface area contributed by atoms with E-state index in [1.54, 1.807) is 6.07 Å². The zero-order valence-electron chi connectivity index (χ0n) is 21.8. The highest BCUT2D eigenvalue weighted by Gasteiger charge is 2.24. The first-order valence-corrected chi connectivity index (χ1v) is 12.6. The molecule has 0 spiro atoms. The van der Waals surface area contributed by atoms with Crippen LogP contribution in [0.25, 0.3) is 0 Å². The van der Waals surface area contributed by atoms with Crippen LogP contribution in [0.3, 0.4) is 0 Å². The van der Waals surface area contributed by atoms with Crippen molar-refractivity contribution >= 4 is 17.5 Å². The summed E-state index contributed by atoms with van der Waals surface area (Å²) in [5.41, 5.74) is 8.14. The van der Waals surface area contributed by atoms with Crippen LogP contribution in [0, 0.1) is 5.41 Å². The standard InChI is InChI=1S/C28H40N4O4/c1-28(2,3)20-32(15-12-22-9-10-23(33)26-27(22)36-19-25(35)30-26)18-17-31(16-13-24(29)34)14-11-21-7-5-4-6-8-21/h4-10,33H,11-20H2,1-3H3,(H2,29,34)(H,30,35). The Labute approximate surface area is 214 Å². The number of ether oxygens (including phenoxy) is 1. The number of hydrogen-bond acceptors (Lipinski definition) is 6. The van der Waals surface area contributed by atoms with Crippen LogP contribution in [-0.2, 0) is 22.4 Å². The van der Waals surface area contributed by atoms with Gasteiger partial charge in [-0.1, -0.05) is 57.2 Å². The summed E-state index contributed by atoms with van der Waals surface area (Å²) in [4.78, 5) is 27.9. The van der Waals surface area contributed by atoms with Gasteiger partial charge >= 0.3 is 0 Å². The number of fused-ring (bicyclic) bond motifs is 1. The molecule has 0 unspecified atom stereocenters. The van der Waals surface area contributed by atoms with Gasteiger partial charge in [0.25, 0.3) is 5.91 Å². The number of phenolic OH excluding ortho intramolecular Hbond substituents is 1. The summed E-state index contributed by atoms with van der Waals surface area (Å²) in [5.74, 6) is 0.0134. The molecule has 0 saturated heterocycles. The fraction of sp³-hybridized carbons (Fsp3) is 0.500. The number of nitrogens with two attached hydrogens (primary N) is 1. The van der Waals surface area contributed by atoms with Crippen LogP contribution in [0.15, 0.2) is 42.5 Å². The third-order valence-electron chi connectivity index (χ3n) is 6.19. The average Bonchev–Trinajstić information content (AvgIpc) is 2.82. The number of nitrogens with zero attached hydrogens (tertiary/aromatic N) is 2. The van der Waals surface area contributed by atoms with Crippen molar-refractivity contribution in [2.45, 2.75) is 40.0 Å². The van der Waals surface area contributed by atoms with Crippen LogP contribution >= 0.6 is 0 Å². The fourth-order valence-electron chi connectivity index (χ4n) is 4.45. The van der Waals surface area contributed by atoms with E-state index in [1.165, 1.54) is 5.56 Å². The van der Waals surface area contributed by atoms with E-state index in [1.807, 2.05) is 24.3 Å². The summed E-state index contributed by atoms with van der Waals surface area (Å²) >= 11 is 0. The number of rotatable bonds is 13. The van der Waals surface area contributed by atoms with Crippen molar-refractivity contribution in [3.8, 4) is 11.5 Å². The predicted molar refractivity (Wildman–Crippen MR) is 142 cm³/mol. The molecule has 2 amide bonds. The van der Waals surface area contributed by atoms with E-state index in [-0.39, 0.29) is 29.6 Å². The molecule has 1 heterocycles. The highest BCUT2D eigenvalue weighted by atomic mass is 16.5. The molecule has 2 aromatic rings. The molecule has 1 aliphatic heterocycles. The summed E-state index contributed by atoms with van der Waals surface area (Å²) < 4.78 is 5.66. The SMILES string of the molecule is CC(C)(C)CN(CCc1ccc(O)c2c1OCC(=O)N2)CCN(CCC(N)=O)CCc1ccccc1. The molecule has 4 N–H and O–H groups in total. The molecule has 1 aliphatic rings. The monoisotopic (exact) mass is 496 g/mol. The lowest BCUT2D eigenvalue weighted by Gasteiger charge is -2.32. The summed E-state index contributed by atoms with van der Waals surface area (Å²) in [6, 6.07) is 13.8. The van der Waals surface area contributed by atoms with Crippen LogP contribution < -0.4 is 15.8 Å². The number of aromatic hydroxyl groups is 1. The molecule has 196 valence electrons. The predicted octanol–water partition coefficient (Wildman–Crippen LogP) is 3.03. The number of phenols is 1. The van der Waals surface area contributed by atoms with E-state index < -0.39 is 0 Å². The van der Waals surface area contributed by atoms with E-state index in [0.29, 0.717) is 24.4 Å². The number of hydrogen-bond donors (Lipinski definition) is 3. The second-order valence-corrected chi connectivity index (χ2v) is 10.7. The van der Waals surface area contributed by atoms with Crippen molar-refractivity contribution < 1.29 is 19.4 Å². The lowest BCUT2D eigenvalue weighted by Crippen LogP contribution is -2.41. The molecule has 0 fully saturated rings. The summed E-state index contributed by atoms with van der Waals surface area (Å²) in [6.45, 7) is 11.5. The maximum absolute atomic E-state index is 11.7. The molecule has 0 atom stereocenters. The normalized spacial score (nSPS) is 13.4. The smallest absolute Gasteiger partial charge is 0.262 e. The van der Waals surface area contributed by atoms with E-state index in [4.69, 9.17) is 10.5 Å². The second-order valence-electron chi connectivity index (χ2n) is 10.7. The minimum Gasteiger partial charge on any atom is -0.506 e. The highest BCUT2D eigenvalue weighted by Crippen LogP contribution is 2.39. The molecular formula is C28H40N4O4. The van der Waals surface area contributed by atoms with Crippen molar-refractivity contribution in [2.75, 3.05) is 51.2 Å². The van der Waals surface area contributed by atoms with Crippen molar-refractivity contribution in [3.63, 3.8) is 0 Å². The van der Waals surface area contributed by atoms with Gasteiger partial charge in [0.2, 0.25) is 5.91 Å². The lowest BCUT2D eigenvalue weighted by atomic mass is 9.95. The Bertz CT molecular complexity index is 1020. The van der Waals surface area contributed by atoms with Crippen LogP contribution in [0.4, 0.5) is 5.69 Å². The molecule has 2 aromatic carbocycles. The molecule has 0 bridgehead atoms. The largest absolute Gasteiger partial charge is 0.506 e. The number of anilines is 1.